The minimum absolute atomic E-state index is 0.330. The fraction of sp³-hybridized carbons (Fsp3) is 0.167. The van der Waals surface area contributed by atoms with Crippen molar-refractivity contribution in [1.29, 1.82) is 0 Å². The van der Waals surface area contributed by atoms with E-state index in [4.69, 9.17) is 21.1 Å². The molecular formula is C18H15ClN4O2. The molecule has 0 saturated carbocycles. The zero-order valence-corrected chi connectivity index (χ0v) is 14.4. The van der Waals surface area contributed by atoms with Gasteiger partial charge >= 0.3 is 0 Å². The summed E-state index contributed by atoms with van der Waals surface area (Å²) in [4.78, 5) is 8.88. The number of hydrogen-bond donors (Lipinski definition) is 0. The molecule has 1 atom stereocenters. The number of rotatable bonds is 4. The molecule has 0 aliphatic heterocycles. The Hall–Kier alpha value is -2.70. The Labute approximate surface area is 149 Å². The third kappa shape index (κ3) is 2.69. The molecule has 1 aromatic carbocycles. The molecule has 4 rings (SSSR count). The Morgan fingerprint density at radius 1 is 1.00 bits per heavy atom. The van der Waals surface area contributed by atoms with Crippen molar-refractivity contribution in [2.45, 2.75) is 6.23 Å². The Morgan fingerprint density at radius 3 is 2.52 bits per heavy atom. The molecule has 0 spiro atoms. The van der Waals surface area contributed by atoms with Gasteiger partial charge in [-0.15, -0.1) is 0 Å². The number of halogens is 1. The topological polar surface area (TPSA) is 62.1 Å². The lowest BCUT2D eigenvalue weighted by atomic mass is 10.2. The molecular weight excluding hydrogens is 340 g/mol. The fourth-order valence-electron chi connectivity index (χ4n) is 2.85. The highest BCUT2D eigenvalue weighted by atomic mass is 35.5. The highest BCUT2D eigenvalue weighted by Crippen LogP contribution is 2.30. The summed E-state index contributed by atoms with van der Waals surface area (Å²) < 4.78 is 12.6. The number of fused-ring (bicyclic) bond motifs is 3. The average molecular weight is 355 g/mol. The zero-order valence-electron chi connectivity index (χ0n) is 13.7. The van der Waals surface area contributed by atoms with Gasteiger partial charge in [0, 0.05) is 24.9 Å². The number of hydrogen-bond acceptors (Lipinski definition) is 5. The first-order valence-electron chi connectivity index (χ1n) is 7.68. The second-order valence-electron chi connectivity index (χ2n) is 5.49. The van der Waals surface area contributed by atoms with Crippen molar-refractivity contribution in [2.24, 2.45) is 0 Å². The number of pyridine rings is 2. The largest absolute Gasteiger partial charge is 0.481 e. The van der Waals surface area contributed by atoms with Crippen molar-refractivity contribution in [3.05, 3.63) is 59.4 Å². The van der Waals surface area contributed by atoms with Gasteiger partial charge in [-0.05, 0) is 6.07 Å². The first-order valence-corrected chi connectivity index (χ1v) is 8.06. The van der Waals surface area contributed by atoms with Crippen molar-refractivity contribution >= 4 is 33.5 Å². The summed E-state index contributed by atoms with van der Waals surface area (Å²) in [6.45, 7) is 0. The number of aromatic nitrogens is 4. The second kappa shape index (κ2) is 6.31. The van der Waals surface area contributed by atoms with Gasteiger partial charge in [-0.25, -0.2) is 14.6 Å². The van der Waals surface area contributed by atoms with Gasteiger partial charge in [0.15, 0.2) is 11.4 Å². The zero-order chi connectivity index (χ0) is 17.4. The van der Waals surface area contributed by atoms with Crippen LogP contribution in [0.15, 0.2) is 48.7 Å². The normalized spacial score (nSPS) is 12.6. The van der Waals surface area contributed by atoms with Gasteiger partial charge in [0.05, 0.1) is 18.0 Å². The van der Waals surface area contributed by atoms with E-state index in [0.29, 0.717) is 27.6 Å². The van der Waals surface area contributed by atoms with E-state index in [9.17, 15) is 0 Å². The molecule has 3 heterocycles. The van der Waals surface area contributed by atoms with Crippen molar-refractivity contribution in [3.63, 3.8) is 0 Å². The van der Waals surface area contributed by atoms with E-state index in [0.717, 1.165) is 10.9 Å². The van der Waals surface area contributed by atoms with E-state index >= 15 is 0 Å². The lowest BCUT2D eigenvalue weighted by molar-refractivity contribution is 0.0687. The first kappa shape index (κ1) is 15.8. The van der Waals surface area contributed by atoms with Gasteiger partial charge in [0.2, 0.25) is 5.88 Å². The molecule has 0 fully saturated rings. The number of benzene rings is 1. The fourth-order valence-corrected chi connectivity index (χ4v) is 3.08. The lowest BCUT2D eigenvalue weighted by Crippen LogP contribution is -2.13. The molecule has 1 unspecified atom stereocenters. The first-order chi connectivity index (χ1) is 12.2. The maximum Gasteiger partial charge on any atom is 0.213 e. The molecule has 7 heteroatoms. The molecule has 3 aromatic heterocycles. The maximum atomic E-state index is 6.33. The van der Waals surface area contributed by atoms with Gasteiger partial charge in [-0.3, -0.25) is 0 Å². The summed E-state index contributed by atoms with van der Waals surface area (Å²) in [5, 5.41) is 5.71. The summed E-state index contributed by atoms with van der Waals surface area (Å²) in [5.74, 6) is 0.511. The van der Waals surface area contributed by atoms with E-state index < -0.39 is 0 Å². The van der Waals surface area contributed by atoms with Crippen molar-refractivity contribution in [2.75, 3.05) is 14.2 Å². The lowest BCUT2D eigenvalue weighted by Gasteiger charge is -2.15. The van der Waals surface area contributed by atoms with Crippen molar-refractivity contribution in [3.8, 4) is 5.88 Å². The highest BCUT2D eigenvalue weighted by molar-refractivity contribution is 6.35. The molecule has 25 heavy (non-hydrogen) atoms. The summed E-state index contributed by atoms with van der Waals surface area (Å²) in [5.41, 5.74) is 2.93. The molecule has 0 aliphatic rings. The van der Waals surface area contributed by atoms with E-state index in [2.05, 4.69) is 15.1 Å². The van der Waals surface area contributed by atoms with Gasteiger partial charge in [-0.2, -0.15) is 5.10 Å². The number of ether oxygens (including phenoxy) is 2. The quantitative estimate of drug-likeness (QED) is 0.521. The van der Waals surface area contributed by atoms with E-state index in [1.807, 2.05) is 42.6 Å². The van der Waals surface area contributed by atoms with E-state index in [-0.39, 0.29) is 6.23 Å². The Morgan fingerprint density at radius 2 is 1.80 bits per heavy atom. The summed E-state index contributed by atoms with van der Waals surface area (Å²) in [7, 11) is 3.22. The van der Waals surface area contributed by atoms with Crippen LogP contribution in [0, 0.1) is 0 Å². The van der Waals surface area contributed by atoms with E-state index in [1.54, 1.807) is 25.0 Å². The maximum absolute atomic E-state index is 6.33. The Bertz CT molecular complexity index is 1050. The van der Waals surface area contributed by atoms with Crippen LogP contribution in [0.4, 0.5) is 0 Å². The smallest absolute Gasteiger partial charge is 0.213 e. The second-order valence-corrected chi connectivity index (χ2v) is 5.85. The molecule has 0 radical (unpaired) electrons. The van der Waals surface area contributed by atoms with Crippen LogP contribution in [-0.4, -0.2) is 34.0 Å². The summed E-state index contributed by atoms with van der Waals surface area (Å²) in [6, 6.07) is 13.4. The van der Waals surface area contributed by atoms with Crippen LogP contribution in [0.3, 0.4) is 0 Å². The molecule has 126 valence electrons. The number of methoxy groups -OCH3 is 2. The molecule has 6 nitrogen and oxygen atoms in total. The van der Waals surface area contributed by atoms with Crippen molar-refractivity contribution < 1.29 is 9.47 Å². The van der Waals surface area contributed by atoms with Gasteiger partial charge in [0.25, 0.3) is 0 Å². The minimum atomic E-state index is -0.370. The molecule has 0 saturated heterocycles. The van der Waals surface area contributed by atoms with Crippen LogP contribution in [0.2, 0.25) is 5.15 Å². The van der Waals surface area contributed by atoms with Gasteiger partial charge in [-0.1, -0.05) is 41.9 Å². The standard InChI is InChI=1S/C18H15ClN4O2/c1-24-14-9-8-13-15(21-14)12-10-23(22-16(12)17(19)20-13)18(25-2)11-6-4-3-5-7-11/h3-10,18H,1-2H3. The minimum Gasteiger partial charge on any atom is -0.481 e. The van der Waals surface area contributed by atoms with Crippen LogP contribution in [0.25, 0.3) is 21.9 Å². The molecule has 4 aromatic rings. The number of nitrogens with zero attached hydrogens (tertiary/aromatic N) is 4. The monoisotopic (exact) mass is 354 g/mol. The molecule has 0 amide bonds. The third-order valence-corrected chi connectivity index (χ3v) is 4.27. The van der Waals surface area contributed by atoms with Crippen LogP contribution in [0.1, 0.15) is 11.8 Å². The van der Waals surface area contributed by atoms with Crippen LogP contribution < -0.4 is 4.74 Å². The van der Waals surface area contributed by atoms with E-state index in [1.165, 1.54) is 0 Å². The third-order valence-electron chi connectivity index (χ3n) is 4.01. The van der Waals surface area contributed by atoms with Crippen molar-refractivity contribution in [1.82, 2.24) is 19.7 Å². The Kier molecular flexibility index (Phi) is 3.99. The summed E-state index contributed by atoms with van der Waals surface area (Å²) >= 11 is 6.33. The Balaban J connectivity index is 1.94. The van der Waals surface area contributed by atoms with Gasteiger partial charge < -0.3 is 9.47 Å². The average Bonchev–Trinajstić information content (AvgIpc) is 3.09. The summed E-state index contributed by atoms with van der Waals surface area (Å²) in [6.07, 6.45) is 1.50. The molecule has 0 N–H and O–H groups in total. The predicted octanol–water partition coefficient (Wildman–Crippen LogP) is 3.83. The highest BCUT2D eigenvalue weighted by Gasteiger charge is 2.18. The van der Waals surface area contributed by atoms with Crippen LogP contribution in [-0.2, 0) is 4.74 Å². The van der Waals surface area contributed by atoms with Crippen LogP contribution >= 0.6 is 11.6 Å². The van der Waals surface area contributed by atoms with Gasteiger partial charge in [0.1, 0.15) is 11.0 Å². The van der Waals surface area contributed by atoms with Crippen LogP contribution in [0.5, 0.6) is 5.88 Å². The molecule has 0 bridgehead atoms. The predicted molar refractivity (Wildman–Crippen MR) is 96.0 cm³/mol. The SMILES string of the molecule is COc1ccc2nc(Cl)c3nn(C(OC)c4ccccc4)cc3c2n1. The molecule has 0 aliphatic carbocycles.